The molecule has 2 aromatic carbocycles. The Kier molecular flexibility index (Phi) is 9.87. The Balaban J connectivity index is 1.38. The van der Waals surface area contributed by atoms with E-state index in [2.05, 4.69) is 19.1 Å². The fourth-order valence-electron chi connectivity index (χ4n) is 6.43. The first-order valence-electron chi connectivity index (χ1n) is 14.1. The number of ether oxygens (including phenoxy) is 1. The van der Waals surface area contributed by atoms with E-state index in [4.69, 9.17) is 4.74 Å². The summed E-state index contributed by atoms with van der Waals surface area (Å²) in [5.74, 6) is -1.77. The number of carbonyl (C=O) groups excluding carboxylic acids is 1. The molecule has 0 aliphatic heterocycles. The summed E-state index contributed by atoms with van der Waals surface area (Å²) in [5, 5.41) is 0. The molecule has 0 radical (unpaired) electrons. The maximum absolute atomic E-state index is 15.2. The van der Waals surface area contributed by atoms with Crippen molar-refractivity contribution in [3.8, 4) is 5.75 Å². The van der Waals surface area contributed by atoms with Crippen molar-refractivity contribution in [1.82, 2.24) is 0 Å². The van der Waals surface area contributed by atoms with Crippen molar-refractivity contribution in [3.05, 3.63) is 88.8 Å². The minimum atomic E-state index is -1.19. The van der Waals surface area contributed by atoms with Gasteiger partial charge in [0, 0.05) is 6.07 Å². The quantitative estimate of drug-likeness (QED) is 0.185. The van der Waals surface area contributed by atoms with Crippen LogP contribution >= 0.6 is 0 Å². The lowest BCUT2D eigenvalue weighted by molar-refractivity contribution is 0.0728. The van der Waals surface area contributed by atoms with Crippen LogP contribution < -0.4 is 4.74 Å². The maximum Gasteiger partial charge on any atom is 0.346 e. The molecule has 0 bridgehead atoms. The van der Waals surface area contributed by atoms with Gasteiger partial charge in [-0.1, -0.05) is 42.9 Å². The summed E-state index contributed by atoms with van der Waals surface area (Å²) < 4.78 is 49.9. The molecule has 204 valence electrons. The van der Waals surface area contributed by atoms with E-state index in [-0.39, 0.29) is 11.7 Å². The molecule has 2 saturated carbocycles. The lowest BCUT2D eigenvalue weighted by Crippen LogP contribution is -2.30. The van der Waals surface area contributed by atoms with E-state index in [1.54, 1.807) is 6.07 Å². The number of allylic oxidation sites excluding steroid dienone is 4. The molecular formula is C33H39F3O2. The molecule has 0 aromatic heterocycles. The molecule has 5 heteroatoms. The van der Waals surface area contributed by atoms with E-state index < -0.39 is 29.0 Å². The highest BCUT2D eigenvalue weighted by Crippen LogP contribution is 2.49. The average Bonchev–Trinajstić information content (AvgIpc) is 2.91. The first kappa shape index (κ1) is 28.2. The van der Waals surface area contributed by atoms with Crippen LogP contribution in [0.15, 0.2) is 54.6 Å². The number of hydrogen-bond donors (Lipinski definition) is 0. The van der Waals surface area contributed by atoms with Gasteiger partial charge in [0.15, 0.2) is 11.6 Å². The molecule has 0 amide bonds. The van der Waals surface area contributed by atoms with Crippen LogP contribution in [0.5, 0.6) is 5.75 Å². The molecule has 2 fully saturated rings. The number of hydrogen-bond acceptors (Lipinski definition) is 2. The Morgan fingerprint density at radius 2 is 1.63 bits per heavy atom. The summed E-state index contributed by atoms with van der Waals surface area (Å²) >= 11 is 0. The molecule has 0 spiro atoms. The zero-order valence-corrected chi connectivity index (χ0v) is 22.5. The Bertz CT molecular complexity index is 1170. The van der Waals surface area contributed by atoms with Gasteiger partial charge in [-0.2, -0.15) is 0 Å². The van der Waals surface area contributed by atoms with Gasteiger partial charge in [0.2, 0.25) is 0 Å². The fourth-order valence-corrected chi connectivity index (χ4v) is 6.43. The van der Waals surface area contributed by atoms with Gasteiger partial charge in [-0.25, -0.2) is 18.0 Å². The predicted molar refractivity (Wildman–Crippen MR) is 146 cm³/mol. The lowest BCUT2D eigenvalue weighted by Gasteiger charge is -2.42. The van der Waals surface area contributed by atoms with Crippen molar-refractivity contribution in [3.63, 3.8) is 0 Å². The Morgan fingerprint density at radius 1 is 0.895 bits per heavy atom. The monoisotopic (exact) mass is 524 g/mol. The summed E-state index contributed by atoms with van der Waals surface area (Å²) in [7, 11) is 0. The van der Waals surface area contributed by atoms with Gasteiger partial charge in [0.05, 0.1) is 5.56 Å². The summed E-state index contributed by atoms with van der Waals surface area (Å²) in [6.07, 6.45) is 18.1. The molecule has 0 N–H and O–H groups in total. The number of carbonyl (C=O) groups is 1. The van der Waals surface area contributed by atoms with Crippen molar-refractivity contribution in [2.75, 3.05) is 0 Å². The van der Waals surface area contributed by atoms with Crippen molar-refractivity contribution >= 4 is 5.97 Å². The van der Waals surface area contributed by atoms with Gasteiger partial charge >= 0.3 is 5.97 Å². The topological polar surface area (TPSA) is 26.3 Å². The van der Waals surface area contributed by atoms with Crippen molar-refractivity contribution in [2.45, 2.75) is 84.0 Å². The number of rotatable bonds is 9. The molecule has 0 heterocycles. The highest BCUT2D eigenvalue weighted by molar-refractivity contribution is 5.91. The normalized spacial score (nSPS) is 23.6. The third-order valence-electron chi connectivity index (χ3n) is 8.52. The standard InChI is InChI=1S/C33H39F3O2/c1-3-5-7-9-22-11-12-25-20-26(14-13-24(25)19-22)28-17-18-29(32(36)31(28)35)33(37)38-27-16-15-23(30(34)21-27)10-8-6-4-2/h3-6,15-18,21-22,24-26H,7-14,19-20H2,1-2H3/b5-3+,6-4+. The lowest BCUT2D eigenvalue weighted by atomic mass is 9.63. The first-order valence-corrected chi connectivity index (χ1v) is 14.1. The SMILES string of the molecule is C/C=C/CCc1ccc(OC(=O)c2ccc(C3CCC4CC(CC/C=C/C)CCC4C3)c(F)c2F)cc1F. The minimum absolute atomic E-state index is 0.0363. The van der Waals surface area contributed by atoms with Gasteiger partial charge in [-0.05, 0) is 119 Å². The maximum atomic E-state index is 15.2. The zero-order chi connectivity index (χ0) is 27.1. The molecule has 4 atom stereocenters. The summed E-state index contributed by atoms with van der Waals surface area (Å²) in [5.41, 5.74) is 0.379. The molecule has 2 aromatic rings. The van der Waals surface area contributed by atoms with Crippen LogP contribution in [-0.2, 0) is 6.42 Å². The number of aryl methyl sites for hydroxylation is 1. The highest BCUT2D eigenvalue weighted by atomic mass is 19.2. The second-order valence-corrected chi connectivity index (χ2v) is 10.9. The molecule has 2 nitrogen and oxygen atoms in total. The zero-order valence-electron chi connectivity index (χ0n) is 22.5. The molecule has 2 aliphatic rings. The second kappa shape index (κ2) is 13.3. The van der Waals surface area contributed by atoms with Crippen LogP contribution in [0.1, 0.15) is 99.0 Å². The van der Waals surface area contributed by atoms with E-state index in [9.17, 15) is 9.18 Å². The van der Waals surface area contributed by atoms with Crippen LogP contribution in [0.2, 0.25) is 0 Å². The van der Waals surface area contributed by atoms with Gasteiger partial charge in [-0.15, -0.1) is 0 Å². The average molecular weight is 525 g/mol. The summed E-state index contributed by atoms with van der Waals surface area (Å²) in [4.78, 5) is 12.6. The van der Waals surface area contributed by atoms with Crippen LogP contribution in [0.4, 0.5) is 13.2 Å². The van der Waals surface area contributed by atoms with Crippen LogP contribution in [0.25, 0.3) is 0 Å². The van der Waals surface area contributed by atoms with E-state index in [1.807, 2.05) is 19.1 Å². The van der Waals surface area contributed by atoms with E-state index in [0.29, 0.717) is 35.8 Å². The van der Waals surface area contributed by atoms with Crippen LogP contribution in [0, 0.1) is 35.2 Å². The number of fused-ring (bicyclic) bond motifs is 1. The molecular weight excluding hydrogens is 485 g/mol. The van der Waals surface area contributed by atoms with Crippen LogP contribution in [-0.4, -0.2) is 5.97 Å². The molecule has 2 aliphatic carbocycles. The molecule has 4 rings (SSSR count). The molecule has 0 saturated heterocycles. The largest absolute Gasteiger partial charge is 0.423 e. The first-order chi connectivity index (χ1) is 18.4. The highest BCUT2D eigenvalue weighted by Gasteiger charge is 2.37. The minimum Gasteiger partial charge on any atom is -0.423 e. The van der Waals surface area contributed by atoms with Gasteiger partial charge in [0.1, 0.15) is 11.6 Å². The van der Waals surface area contributed by atoms with Crippen molar-refractivity contribution < 1.29 is 22.7 Å². The third kappa shape index (κ3) is 6.78. The van der Waals surface area contributed by atoms with Crippen molar-refractivity contribution in [1.29, 1.82) is 0 Å². The van der Waals surface area contributed by atoms with E-state index >= 15 is 8.78 Å². The Labute approximate surface area is 225 Å². The smallest absolute Gasteiger partial charge is 0.346 e. The number of benzene rings is 2. The predicted octanol–water partition coefficient (Wildman–Crippen LogP) is 9.49. The second-order valence-electron chi connectivity index (χ2n) is 10.9. The molecule has 4 unspecified atom stereocenters. The van der Waals surface area contributed by atoms with E-state index in [1.165, 1.54) is 37.5 Å². The summed E-state index contributed by atoms with van der Waals surface area (Å²) in [6, 6.07) is 6.98. The van der Waals surface area contributed by atoms with Gasteiger partial charge in [-0.3, -0.25) is 0 Å². The van der Waals surface area contributed by atoms with E-state index in [0.717, 1.165) is 44.1 Å². The van der Waals surface area contributed by atoms with Crippen molar-refractivity contribution in [2.24, 2.45) is 17.8 Å². The summed E-state index contributed by atoms with van der Waals surface area (Å²) in [6.45, 7) is 3.96. The van der Waals surface area contributed by atoms with Gasteiger partial charge < -0.3 is 4.74 Å². The fraction of sp³-hybridized carbons (Fsp3) is 0.485. The Hall–Kier alpha value is -2.82. The van der Waals surface area contributed by atoms with Gasteiger partial charge in [0.25, 0.3) is 0 Å². The number of esters is 1. The van der Waals surface area contributed by atoms with Crippen LogP contribution in [0.3, 0.4) is 0 Å². The Morgan fingerprint density at radius 3 is 2.39 bits per heavy atom. The number of halogens is 3. The molecule has 38 heavy (non-hydrogen) atoms. The third-order valence-corrected chi connectivity index (χ3v) is 8.52.